The summed E-state index contributed by atoms with van der Waals surface area (Å²) in [5.41, 5.74) is 2.95. The normalized spacial score (nSPS) is 16.7. The Morgan fingerprint density at radius 3 is 2.38 bits per heavy atom. The van der Waals surface area contributed by atoms with Gasteiger partial charge in [0.05, 0.1) is 5.39 Å². The average Bonchev–Trinajstić information content (AvgIpc) is 2.64. The minimum atomic E-state index is -0.424. The zero-order valence-electron chi connectivity index (χ0n) is 14.9. The molecule has 0 N–H and O–H groups in total. The maximum atomic E-state index is 12.8. The first-order valence-electron chi connectivity index (χ1n) is 8.56. The summed E-state index contributed by atoms with van der Waals surface area (Å²) >= 11 is 0. The first kappa shape index (κ1) is 16.4. The molecule has 26 heavy (non-hydrogen) atoms. The molecule has 0 radical (unpaired) electrons. The molecule has 4 rings (SSSR count). The number of carbonyl (C=O) groups excluding carboxylic acids is 1. The van der Waals surface area contributed by atoms with E-state index in [2.05, 4.69) is 4.98 Å². The van der Waals surface area contributed by atoms with Gasteiger partial charge in [0.1, 0.15) is 5.65 Å². The van der Waals surface area contributed by atoms with Crippen molar-refractivity contribution in [2.24, 2.45) is 14.1 Å². The van der Waals surface area contributed by atoms with Crippen LogP contribution in [0, 0.1) is 6.92 Å². The van der Waals surface area contributed by atoms with Gasteiger partial charge in [-0.25, -0.2) is 9.78 Å². The van der Waals surface area contributed by atoms with Gasteiger partial charge >= 0.3 is 5.69 Å². The second-order valence-corrected chi connectivity index (χ2v) is 6.99. The third kappa shape index (κ3) is 2.33. The van der Waals surface area contributed by atoms with E-state index in [0.717, 1.165) is 15.7 Å². The minimum Gasteiger partial charge on any atom is -0.294 e. The van der Waals surface area contributed by atoms with Crippen LogP contribution in [0.15, 0.2) is 40.1 Å². The summed E-state index contributed by atoms with van der Waals surface area (Å²) in [5.74, 6) is 0.00488. The fourth-order valence-corrected chi connectivity index (χ4v) is 3.77. The Hall–Kier alpha value is -3.02. The van der Waals surface area contributed by atoms with E-state index in [9.17, 15) is 14.4 Å². The number of pyridine rings is 1. The zero-order valence-corrected chi connectivity index (χ0v) is 14.9. The molecule has 2 heterocycles. The van der Waals surface area contributed by atoms with Crippen molar-refractivity contribution in [1.29, 1.82) is 0 Å². The number of ketones is 1. The predicted molar refractivity (Wildman–Crippen MR) is 98.8 cm³/mol. The van der Waals surface area contributed by atoms with Crippen molar-refractivity contribution in [3.8, 4) is 0 Å². The van der Waals surface area contributed by atoms with E-state index in [1.54, 1.807) is 7.05 Å². The lowest BCUT2D eigenvalue weighted by Crippen LogP contribution is -2.38. The molecule has 1 atom stereocenters. The van der Waals surface area contributed by atoms with E-state index in [4.69, 9.17) is 0 Å². The molecular weight excluding hydrogens is 330 g/mol. The summed E-state index contributed by atoms with van der Waals surface area (Å²) in [5, 5.41) is 0.372. The molecule has 0 bridgehead atoms. The quantitative estimate of drug-likeness (QED) is 0.672. The van der Waals surface area contributed by atoms with Crippen molar-refractivity contribution < 1.29 is 4.79 Å². The van der Waals surface area contributed by atoms with Gasteiger partial charge in [0.25, 0.3) is 5.56 Å². The van der Waals surface area contributed by atoms with Gasteiger partial charge in [-0.15, -0.1) is 0 Å². The Kier molecular flexibility index (Phi) is 3.64. The minimum absolute atomic E-state index is 0.0119. The van der Waals surface area contributed by atoms with Crippen LogP contribution in [-0.2, 0) is 20.5 Å². The largest absolute Gasteiger partial charge is 0.332 e. The lowest BCUT2D eigenvalue weighted by atomic mass is 9.79. The van der Waals surface area contributed by atoms with Crippen LogP contribution < -0.4 is 11.2 Å². The number of aromatic nitrogens is 3. The van der Waals surface area contributed by atoms with E-state index >= 15 is 0 Å². The summed E-state index contributed by atoms with van der Waals surface area (Å²) in [7, 11) is 3.04. The van der Waals surface area contributed by atoms with Crippen molar-refractivity contribution in [2.45, 2.75) is 25.7 Å². The third-order valence-electron chi connectivity index (χ3n) is 5.31. The van der Waals surface area contributed by atoms with Crippen LogP contribution in [0.5, 0.6) is 0 Å². The summed E-state index contributed by atoms with van der Waals surface area (Å²) in [6, 6.07) is 8.14. The molecule has 0 spiro atoms. The number of Topliss-reactive ketones (excluding diaryl/α,β-unsaturated/α-hetero) is 1. The van der Waals surface area contributed by atoms with Gasteiger partial charge < -0.3 is 0 Å². The van der Waals surface area contributed by atoms with Gasteiger partial charge in [0.2, 0.25) is 0 Å². The highest BCUT2D eigenvalue weighted by Crippen LogP contribution is 2.34. The summed E-state index contributed by atoms with van der Waals surface area (Å²) in [6.45, 7) is 2.02. The Labute approximate surface area is 149 Å². The monoisotopic (exact) mass is 349 g/mol. The van der Waals surface area contributed by atoms with Crippen LogP contribution in [0.4, 0.5) is 0 Å². The van der Waals surface area contributed by atoms with Crippen molar-refractivity contribution in [3.05, 3.63) is 73.6 Å². The first-order chi connectivity index (χ1) is 12.4. The molecule has 6 heteroatoms. The maximum Gasteiger partial charge on any atom is 0.332 e. The van der Waals surface area contributed by atoms with Gasteiger partial charge in [0.15, 0.2) is 5.78 Å². The van der Waals surface area contributed by atoms with E-state index in [1.807, 2.05) is 31.2 Å². The van der Waals surface area contributed by atoms with Crippen LogP contribution in [0.3, 0.4) is 0 Å². The topological polar surface area (TPSA) is 74.0 Å². The number of carbonyl (C=O) groups is 1. The summed E-state index contributed by atoms with van der Waals surface area (Å²) in [4.78, 5) is 41.9. The lowest BCUT2D eigenvalue weighted by molar-refractivity contribution is 0.0964. The van der Waals surface area contributed by atoms with Crippen molar-refractivity contribution >= 4 is 16.8 Å². The Bertz CT molecular complexity index is 1170. The molecule has 3 aromatic rings. The molecule has 0 amide bonds. The SMILES string of the molecule is Cc1ccc(C2CC(=O)c3cnc4c(c3C2)c(=O)n(C)c(=O)n4C)cc1. The predicted octanol–water partition coefficient (Wildman–Crippen LogP) is 1.85. The molecule has 0 aliphatic heterocycles. The van der Waals surface area contributed by atoms with Gasteiger partial charge in [0, 0.05) is 32.3 Å². The number of nitrogens with zero attached hydrogens (tertiary/aromatic N) is 3. The molecule has 1 unspecified atom stereocenters. The number of rotatable bonds is 1. The Balaban J connectivity index is 1.97. The number of benzene rings is 1. The molecule has 1 aliphatic carbocycles. The van der Waals surface area contributed by atoms with Crippen molar-refractivity contribution in [3.63, 3.8) is 0 Å². The van der Waals surface area contributed by atoms with Crippen LogP contribution in [-0.4, -0.2) is 19.9 Å². The van der Waals surface area contributed by atoms with Crippen LogP contribution >= 0.6 is 0 Å². The van der Waals surface area contributed by atoms with Crippen molar-refractivity contribution in [2.75, 3.05) is 0 Å². The average molecular weight is 349 g/mol. The van der Waals surface area contributed by atoms with Gasteiger partial charge in [-0.2, -0.15) is 0 Å². The number of fused-ring (bicyclic) bond motifs is 3. The molecular formula is C20H19N3O3. The number of hydrogen-bond donors (Lipinski definition) is 0. The molecule has 1 aliphatic rings. The first-order valence-corrected chi connectivity index (χ1v) is 8.56. The van der Waals surface area contributed by atoms with Crippen molar-refractivity contribution in [1.82, 2.24) is 14.1 Å². The molecule has 0 saturated carbocycles. The van der Waals surface area contributed by atoms with E-state index in [1.165, 1.54) is 17.8 Å². The maximum absolute atomic E-state index is 12.8. The van der Waals surface area contributed by atoms with E-state index in [-0.39, 0.29) is 11.7 Å². The number of hydrogen-bond acceptors (Lipinski definition) is 4. The van der Waals surface area contributed by atoms with Crippen LogP contribution in [0.1, 0.15) is 39.4 Å². The Morgan fingerprint density at radius 1 is 1.00 bits per heavy atom. The second-order valence-electron chi connectivity index (χ2n) is 6.99. The molecule has 132 valence electrons. The van der Waals surface area contributed by atoms with E-state index in [0.29, 0.717) is 35.0 Å². The lowest BCUT2D eigenvalue weighted by Gasteiger charge is -2.25. The zero-order chi connectivity index (χ0) is 18.6. The highest BCUT2D eigenvalue weighted by atomic mass is 16.2. The molecule has 1 aromatic carbocycles. The Morgan fingerprint density at radius 2 is 1.69 bits per heavy atom. The summed E-state index contributed by atoms with van der Waals surface area (Å²) in [6.07, 6.45) is 2.48. The standard InChI is InChI=1S/C20H19N3O3/c1-11-4-6-12(7-5-11)13-8-14-15(16(24)9-13)10-21-18-17(14)19(25)23(3)20(26)22(18)2/h4-7,10,13H,8-9H2,1-3H3. The smallest absolute Gasteiger partial charge is 0.294 e. The van der Waals surface area contributed by atoms with E-state index < -0.39 is 11.2 Å². The van der Waals surface area contributed by atoms with Gasteiger partial charge in [-0.1, -0.05) is 29.8 Å². The molecule has 2 aromatic heterocycles. The van der Waals surface area contributed by atoms with Gasteiger partial charge in [-0.3, -0.25) is 18.7 Å². The fourth-order valence-electron chi connectivity index (χ4n) is 3.77. The van der Waals surface area contributed by atoms with Crippen LogP contribution in [0.2, 0.25) is 0 Å². The fraction of sp³-hybridized carbons (Fsp3) is 0.300. The van der Waals surface area contributed by atoms with Gasteiger partial charge in [-0.05, 0) is 30.4 Å². The molecule has 0 fully saturated rings. The third-order valence-corrected chi connectivity index (χ3v) is 5.31. The van der Waals surface area contributed by atoms with Crippen LogP contribution in [0.25, 0.3) is 11.0 Å². The highest BCUT2D eigenvalue weighted by Gasteiger charge is 2.30. The number of aryl methyl sites for hydroxylation is 2. The molecule has 0 saturated heterocycles. The summed E-state index contributed by atoms with van der Waals surface area (Å²) < 4.78 is 2.43. The second kappa shape index (κ2) is 5.76. The highest BCUT2D eigenvalue weighted by molar-refractivity contribution is 6.02. The molecule has 6 nitrogen and oxygen atoms in total.